The van der Waals surface area contributed by atoms with Crippen molar-refractivity contribution >= 4 is 11.8 Å². The molecular weight excluding hydrogens is 236 g/mol. The van der Waals surface area contributed by atoms with Crippen LogP contribution in [0.2, 0.25) is 0 Å². The number of anilines is 2. The minimum absolute atomic E-state index is 0.774. The molecule has 19 heavy (non-hydrogen) atoms. The minimum atomic E-state index is 0.774. The molecule has 1 unspecified atom stereocenters. The van der Waals surface area contributed by atoms with Crippen molar-refractivity contribution in [3.8, 4) is 0 Å². The first kappa shape index (κ1) is 14.1. The standard InChI is InChI=1S/C15H26N4/c1-4-6-13-7-9-19(11-13)14-10-12(3)17-15(18-14)16-8-5-2/h10,13H,4-9,11H2,1-3H3,(H,16,17,18). The fourth-order valence-electron chi connectivity index (χ4n) is 2.71. The predicted octanol–water partition coefficient (Wildman–Crippen LogP) is 3.23. The van der Waals surface area contributed by atoms with E-state index in [4.69, 9.17) is 0 Å². The average Bonchev–Trinajstić information content (AvgIpc) is 2.85. The van der Waals surface area contributed by atoms with Gasteiger partial charge in [0, 0.05) is 31.4 Å². The van der Waals surface area contributed by atoms with Gasteiger partial charge in [-0.15, -0.1) is 0 Å². The summed E-state index contributed by atoms with van der Waals surface area (Å²) in [6.07, 6.45) is 5.01. The summed E-state index contributed by atoms with van der Waals surface area (Å²) in [5.74, 6) is 2.70. The molecule has 1 aromatic rings. The first-order valence-electron chi connectivity index (χ1n) is 7.57. The summed E-state index contributed by atoms with van der Waals surface area (Å²) >= 11 is 0. The molecule has 0 saturated carbocycles. The highest BCUT2D eigenvalue weighted by Gasteiger charge is 2.23. The van der Waals surface area contributed by atoms with Crippen LogP contribution in [0.15, 0.2) is 6.07 Å². The fourth-order valence-corrected chi connectivity index (χ4v) is 2.71. The lowest BCUT2D eigenvalue weighted by molar-refractivity contribution is 0.529. The molecule has 1 aliphatic heterocycles. The van der Waals surface area contributed by atoms with Crippen molar-refractivity contribution in [2.24, 2.45) is 5.92 Å². The average molecular weight is 262 g/mol. The van der Waals surface area contributed by atoms with Crippen LogP contribution in [0.25, 0.3) is 0 Å². The van der Waals surface area contributed by atoms with E-state index in [0.29, 0.717) is 0 Å². The topological polar surface area (TPSA) is 41.1 Å². The summed E-state index contributed by atoms with van der Waals surface area (Å²) in [6, 6.07) is 2.10. The van der Waals surface area contributed by atoms with Crippen molar-refractivity contribution in [1.82, 2.24) is 9.97 Å². The number of nitrogens with one attached hydrogen (secondary N) is 1. The van der Waals surface area contributed by atoms with Crippen molar-refractivity contribution in [3.05, 3.63) is 11.8 Å². The van der Waals surface area contributed by atoms with E-state index >= 15 is 0 Å². The number of nitrogens with zero attached hydrogens (tertiary/aromatic N) is 3. The van der Waals surface area contributed by atoms with Gasteiger partial charge in [-0.3, -0.25) is 0 Å². The van der Waals surface area contributed by atoms with Crippen molar-refractivity contribution in [2.75, 3.05) is 29.9 Å². The molecule has 4 nitrogen and oxygen atoms in total. The highest BCUT2D eigenvalue weighted by atomic mass is 15.2. The maximum atomic E-state index is 4.65. The van der Waals surface area contributed by atoms with Gasteiger partial charge >= 0.3 is 0 Å². The molecule has 0 amide bonds. The summed E-state index contributed by atoms with van der Waals surface area (Å²) in [6.45, 7) is 9.68. The van der Waals surface area contributed by atoms with E-state index in [2.05, 4.69) is 40.1 Å². The molecule has 0 bridgehead atoms. The molecule has 4 heteroatoms. The lowest BCUT2D eigenvalue weighted by Gasteiger charge is -2.18. The number of rotatable bonds is 6. The van der Waals surface area contributed by atoms with E-state index in [1.807, 2.05) is 6.92 Å². The molecule has 1 atom stereocenters. The second-order valence-electron chi connectivity index (χ2n) is 5.51. The van der Waals surface area contributed by atoms with Gasteiger partial charge < -0.3 is 10.2 Å². The Labute approximate surface area is 116 Å². The van der Waals surface area contributed by atoms with E-state index in [1.165, 1.54) is 19.3 Å². The SMILES string of the molecule is CCCNc1nc(C)cc(N2CCC(CCC)C2)n1. The van der Waals surface area contributed by atoms with E-state index in [9.17, 15) is 0 Å². The van der Waals surface area contributed by atoms with Gasteiger partial charge in [0.1, 0.15) is 5.82 Å². The molecule has 2 heterocycles. The Bertz CT molecular complexity index is 405. The van der Waals surface area contributed by atoms with Crippen LogP contribution in [-0.4, -0.2) is 29.6 Å². The maximum absolute atomic E-state index is 4.65. The van der Waals surface area contributed by atoms with E-state index in [-0.39, 0.29) is 0 Å². The fraction of sp³-hybridized carbons (Fsp3) is 0.733. The Balaban J connectivity index is 2.05. The molecule has 106 valence electrons. The predicted molar refractivity (Wildman–Crippen MR) is 80.8 cm³/mol. The van der Waals surface area contributed by atoms with Gasteiger partial charge in [0.15, 0.2) is 0 Å². The summed E-state index contributed by atoms with van der Waals surface area (Å²) in [4.78, 5) is 11.5. The number of aryl methyl sites for hydroxylation is 1. The third kappa shape index (κ3) is 3.82. The first-order chi connectivity index (χ1) is 9.22. The summed E-state index contributed by atoms with van der Waals surface area (Å²) in [7, 11) is 0. The quantitative estimate of drug-likeness (QED) is 0.854. The van der Waals surface area contributed by atoms with E-state index in [1.54, 1.807) is 0 Å². The second-order valence-corrected chi connectivity index (χ2v) is 5.51. The lowest BCUT2D eigenvalue weighted by atomic mass is 10.0. The van der Waals surface area contributed by atoms with E-state index < -0.39 is 0 Å². The molecule has 1 aliphatic rings. The van der Waals surface area contributed by atoms with Crippen molar-refractivity contribution in [3.63, 3.8) is 0 Å². The normalized spacial score (nSPS) is 18.9. The van der Waals surface area contributed by atoms with Crippen molar-refractivity contribution in [1.29, 1.82) is 0 Å². The Morgan fingerprint density at radius 3 is 2.89 bits per heavy atom. The van der Waals surface area contributed by atoms with Crippen molar-refractivity contribution < 1.29 is 0 Å². The van der Waals surface area contributed by atoms with Crippen molar-refractivity contribution in [2.45, 2.75) is 46.5 Å². The molecule has 1 fully saturated rings. The number of hydrogen-bond acceptors (Lipinski definition) is 4. The van der Waals surface area contributed by atoms with Crippen LogP contribution in [0.5, 0.6) is 0 Å². The third-order valence-corrected chi connectivity index (χ3v) is 3.68. The molecule has 1 aromatic heterocycles. The van der Waals surface area contributed by atoms with Gasteiger partial charge in [0.2, 0.25) is 5.95 Å². The zero-order valence-electron chi connectivity index (χ0n) is 12.4. The first-order valence-corrected chi connectivity index (χ1v) is 7.57. The van der Waals surface area contributed by atoms with Gasteiger partial charge in [0.05, 0.1) is 0 Å². The van der Waals surface area contributed by atoms with Crippen LogP contribution in [0.3, 0.4) is 0 Å². The molecule has 0 spiro atoms. The number of aromatic nitrogens is 2. The van der Waals surface area contributed by atoms with Crippen LogP contribution in [-0.2, 0) is 0 Å². The molecule has 1 saturated heterocycles. The van der Waals surface area contributed by atoms with Crippen LogP contribution in [0.4, 0.5) is 11.8 Å². The molecular formula is C15H26N4. The Kier molecular flexibility index (Phi) is 5.00. The van der Waals surface area contributed by atoms with Crippen LogP contribution < -0.4 is 10.2 Å². The highest BCUT2D eigenvalue weighted by Crippen LogP contribution is 2.26. The third-order valence-electron chi connectivity index (χ3n) is 3.68. The lowest BCUT2D eigenvalue weighted by Crippen LogP contribution is -2.22. The molecule has 2 rings (SSSR count). The van der Waals surface area contributed by atoms with Crippen LogP contribution in [0.1, 0.15) is 45.2 Å². The van der Waals surface area contributed by atoms with Gasteiger partial charge in [-0.05, 0) is 32.1 Å². The summed E-state index contributed by atoms with van der Waals surface area (Å²) < 4.78 is 0. The Hall–Kier alpha value is -1.32. The summed E-state index contributed by atoms with van der Waals surface area (Å²) in [5.41, 5.74) is 1.04. The summed E-state index contributed by atoms with van der Waals surface area (Å²) in [5, 5.41) is 3.29. The zero-order chi connectivity index (χ0) is 13.7. The number of hydrogen-bond donors (Lipinski definition) is 1. The van der Waals surface area contributed by atoms with Crippen LogP contribution >= 0.6 is 0 Å². The molecule has 0 radical (unpaired) electrons. The van der Waals surface area contributed by atoms with Crippen LogP contribution in [0, 0.1) is 12.8 Å². The molecule has 1 N–H and O–H groups in total. The largest absolute Gasteiger partial charge is 0.356 e. The second kappa shape index (κ2) is 6.73. The van der Waals surface area contributed by atoms with Gasteiger partial charge in [-0.2, -0.15) is 4.98 Å². The smallest absolute Gasteiger partial charge is 0.224 e. The monoisotopic (exact) mass is 262 g/mol. The molecule has 0 aromatic carbocycles. The minimum Gasteiger partial charge on any atom is -0.356 e. The van der Waals surface area contributed by atoms with Gasteiger partial charge in [-0.1, -0.05) is 20.3 Å². The van der Waals surface area contributed by atoms with Gasteiger partial charge in [0.25, 0.3) is 0 Å². The van der Waals surface area contributed by atoms with Gasteiger partial charge in [-0.25, -0.2) is 4.98 Å². The maximum Gasteiger partial charge on any atom is 0.224 e. The molecule has 0 aliphatic carbocycles. The highest BCUT2D eigenvalue weighted by molar-refractivity contribution is 5.45. The van der Waals surface area contributed by atoms with E-state index in [0.717, 1.165) is 49.4 Å². The Morgan fingerprint density at radius 1 is 1.32 bits per heavy atom. The Morgan fingerprint density at radius 2 is 2.16 bits per heavy atom. The zero-order valence-corrected chi connectivity index (χ0v) is 12.4.